The van der Waals surface area contributed by atoms with Crippen molar-refractivity contribution in [2.45, 2.75) is 7.43 Å². The largest absolute Gasteiger partial charge is 0.493 e. The highest BCUT2D eigenvalue weighted by molar-refractivity contribution is 9.11. The van der Waals surface area contributed by atoms with Gasteiger partial charge in [0.1, 0.15) is 0 Å². The van der Waals surface area contributed by atoms with E-state index < -0.39 is 0 Å². The monoisotopic (exact) mass is 657 g/mol. The first-order chi connectivity index (χ1) is 17.7. The van der Waals surface area contributed by atoms with Crippen molar-refractivity contribution in [2.75, 3.05) is 54.1 Å². The lowest BCUT2D eigenvalue weighted by molar-refractivity contribution is 0.355. The number of methoxy groups -OCH3 is 6. The first-order valence-electron chi connectivity index (χ1n) is 10.3. The van der Waals surface area contributed by atoms with Gasteiger partial charge >= 0.3 is 0 Å². The van der Waals surface area contributed by atoms with E-state index >= 15 is 0 Å². The predicted molar refractivity (Wildman–Crippen MR) is 157 cm³/mol. The van der Waals surface area contributed by atoms with Crippen molar-refractivity contribution in [3.05, 3.63) is 51.4 Å². The molecule has 0 unspecified atom stereocenters. The third kappa shape index (κ3) is 10.0. The van der Waals surface area contributed by atoms with Crippen molar-refractivity contribution in [1.29, 1.82) is 0 Å². The number of nitrogen functional groups attached to an aromatic ring is 2. The van der Waals surface area contributed by atoms with Crippen LogP contribution in [0.3, 0.4) is 0 Å². The first kappa shape index (κ1) is 34.4. The fourth-order valence-electron chi connectivity index (χ4n) is 2.70. The molecule has 0 atom stereocenters. The van der Waals surface area contributed by atoms with Crippen LogP contribution in [0.1, 0.15) is 7.43 Å². The SMILES string of the molecule is C.COc1cc(Br)c(N=C=O)cc1OC.COc1cc(N)c(Br)cc1OC.COc1ccc(N)cc1OC. The minimum absolute atomic E-state index is 0. The van der Waals surface area contributed by atoms with Gasteiger partial charge in [0.05, 0.1) is 48.3 Å². The van der Waals surface area contributed by atoms with Crippen LogP contribution in [0.25, 0.3) is 0 Å². The number of nitrogens with zero attached hydrogens (tertiary/aromatic N) is 1. The Morgan fingerprint density at radius 1 is 0.632 bits per heavy atom. The summed E-state index contributed by atoms with van der Waals surface area (Å²) >= 11 is 6.53. The zero-order valence-electron chi connectivity index (χ0n) is 21.3. The van der Waals surface area contributed by atoms with Crippen LogP contribution >= 0.6 is 31.9 Å². The van der Waals surface area contributed by atoms with Gasteiger partial charge < -0.3 is 39.9 Å². The summed E-state index contributed by atoms with van der Waals surface area (Å²) < 4.78 is 31.7. The third-order valence-electron chi connectivity index (χ3n) is 4.53. The van der Waals surface area contributed by atoms with E-state index in [0.717, 1.165) is 4.47 Å². The van der Waals surface area contributed by atoms with Crippen LogP contribution in [0.15, 0.2) is 56.4 Å². The second-order valence-corrected chi connectivity index (χ2v) is 8.41. The molecule has 38 heavy (non-hydrogen) atoms. The first-order valence-corrected chi connectivity index (χ1v) is 11.9. The van der Waals surface area contributed by atoms with Crippen molar-refractivity contribution in [1.82, 2.24) is 0 Å². The summed E-state index contributed by atoms with van der Waals surface area (Å²) in [6, 6.07) is 12.0. The number of hydrogen-bond acceptors (Lipinski definition) is 10. The van der Waals surface area contributed by atoms with Crippen LogP contribution in [0.5, 0.6) is 34.5 Å². The Bertz CT molecular complexity index is 1190. The minimum Gasteiger partial charge on any atom is -0.493 e. The average Bonchev–Trinajstić information content (AvgIpc) is 2.91. The topological polar surface area (TPSA) is 137 Å². The van der Waals surface area contributed by atoms with Crippen LogP contribution in [-0.4, -0.2) is 48.7 Å². The summed E-state index contributed by atoms with van der Waals surface area (Å²) in [4.78, 5) is 13.6. The molecule has 0 amide bonds. The van der Waals surface area contributed by atoms with Crippen molar-refractivity contribution in [3.63, 3.8) is 0 Å². The number of ether oxygens (including phenoxy) is 6. The summed E-state index contributed by atoms with van der Waals surface area (Å²) in [6.07, 6.45) is 1.46. The molecule has 3 rings (SSSR count). The van der Waals surface area contributed by atoms with Gasteiger partial charge in [0, 0.05) is 50.7 Å². The highest BCUT2D eigenvalue weighted by Gasteiger charge is 2.09. The fraction of sp³-hybridized carbons (Fsp3) is 0.269. The zero-order chi connectivity index (χ0) is 28.0. The number of halogens is 2. The summed E-state index contributed by atoms with van der Waals surface area (Å²) in [6.45, 7) is 0. The highest BCUT2D eigenvalue weighted by Crippen LogP contribution is 2.37. The van der Waals surface area contributed by atoms with Gasteiger partial charge in [0.2, 0.25) is 6.08 Å². The molecule has 10 nitrogen and oxygen atoms in total. The van der Waals surface area contributed by atoms with Crippen molar-refractivity contribution >= 4 is 55.0 Å². The number of rotatable bonds is 7. The number of hydrogen-bond donors (Lipinski definition) is 2. The molecule has 0 aliphatic rings. The molecule has 0 aromatic heterocycles. The Labute approximate surface area is 240 Å². The number of benzene rings is 3. The molecular weight excluding hydrogens is 626 g/mol. The summed E-state index contributed by atoms with van der Waals surface area (Å²) in [5.41, 5.74) is 12.9. The zero-order valence-corrected chi connectivity index (χ0v) is 24.4. The number of isocyanates is 1. The molecule has 3 aromatic carbocycles. The van der Waals surface area contributed by atoms with Crippen molar-refractivity contribution < 1.29 is 33.2 Å². The molecule has 0 aliphatic carbocycles. The van der Waals surface area contributed by atoms with Crippen molar-refractivity contribution in [3.8, 4) is 34.5 Å². The van der Waals surface area contributed by atoms with Gasteiger partial charge in [0.25, 0.3) is 0 Å². The molecule has 12 heteroatoms. The molecule has 0 saturated heterocycles. The van der Waals surface area contributed by atoms with Gasteiger partial charge in [-0.05, 0) is 44.0 Å². The average molecular weight is 659 g/mol. The Hall–Kier alpha value is -3.60. The molecule has 0 saturated carbocycles. The number of nitrogens with two attached hydrogens (primary N) is 2. The lowest BCUT2D eigenvalue weighted by atomic mass is 10.3. The van der Waals surface area contributed by atoms with Gasteiger partial charge in [-0.1, -0.05) is 7.43 Å². The lowest BCUT2D eigenvalue weighted by Crippen LogP contribution is -1.93. The highest BCUT2D eigenvalue weighted by atomic mass is 79.9. The normalized spacial score (nSPS) is 9.05. The summed E-state index contributed by atoms with van der Waals surface area (Å²) in [5.74, 6) is 3.75. The van der Waals surface area contributed by atoms with Gasteiger partial charge in [0.15, 0.2) is 34.5 Å². The second-order valence-electron chi connectivity index (χ2n) is 6.70. The van der Waals surface area contributed by atoms with E-state index in [1.54, 1.807) is 70.9 Å². The number of carbonyl (C=O) groups excluding carboxylic acids is 1. The van der Waals surface area contributed by atoms with E-state index in [1.807, 2.05) is 0 Å². The third-order valence-corrected chi connectivity index (χ3v) is 5.85. The van der Waals surface area contributed by atoms with Crippen LogP contribution in [0, 0.1) is 0 Å². The molecular formula is C26H33Br2N3O7. The standard InChI is InChI=1S/C9H8BrNO3.C8H10BrNO2.C8H11NO2.CH4/c1-13-8-3-6(10)7(11-5-12)4-9(8)14-2;1-11-7-3-5(9)6(10)4-8(7)12-2;1-10-7-4-3-6(9)5-8(7)11-2;/h3-4H,1-2H3;3-4H,10H2,1-2H3;3-5H,9H2,1-2H3;1H4. The molecule has 0 heterocycles. The maximum Gasteiger partial charge on any atom is 0.240 e. The molecule has 0 spiro atoms. The molecule has 0 fully saturated rings. The maximum absolute atomic E-state index is 10.1. The van der Waals surface area contributed by atoms with E-state index in [2.05, 4.69) is 36.9 Å². The Balaban J connectivity index is 0.000000537. The number of aliphatic imine (C=N–C) groups is 1. The molecule has 0 radical (unpaired) electrons. The van der Waals surface area contributed by atoms with E-state index in [9.17, 15) is 4.79 Å². The van der Waals surface area contributed by atoms with E-state index in [1.165, 1.54) is 20.3 Å². The maximum atomic E-state index is 10.1. The van der Waals surface area contributed by atoms with E-state index in [0.29, 0.717) is 56.0 Å². The van der Waals surface area contributed by atoms with Crippen LogP contribution < -0.4 is 39.9 Å². The molecule has 0 bridgehead atoms. The Kier molecular flexibility index (Phi) is 16.1. The lowest BCUT2D eigenvalue weighted by Gasteiger charge is -2.08. The Morgan fingerprint density at radius 3 is 1.53 bits per heavy atom. The molecule has 4 N–H and O–H groups in total. The van der Waals surface area contributed by atoms with E-state index in [-0.39, 0.29) is 7.43 Å². The van der Waals surface area contributed by atoms with Gasteiger partial charge in [-0.25, -0.2) is 4.79 Å². The van der Waals surface area contributed by atoms with Gasteiger partial charge in [-0.15, -0.1) is 0 Å². The number of anilines is 2. The van der Waals surface area contributed by atoms with Crippen molar-refractivity contribution in [2.24, 2.45) is 4.99 Å². The van der Waals surface area contributed by atoms with Crippen LogP contribution in [0.4, 0.5) is 17.1 Å². The van der Waals surface area contributed by atoms with Crippen LogP contribution in [0.2, 0.25) is 0 Å². The predicted octanol–water partition coefficient (Wildman–Crippen LogP) is 6.40. The van der Waals surface area contributed by atoms with Gasteiger partial charge in [-0.2, -0.15) is 4.99 Å². The molecule has 3 aromatic rings. The second kappa shape index (κ2) is 17.8. The summed E-state index contributed by atoms with van der Waals surface area (Å²) in [7, 11) is 9.38. The smallest absolute Gasteiger partial charge is 0.240 e. The van der Waals surface area contributed by atoms with Gasteiger partial charge in [-0.3, -0.25) is 0 Å². The molecule has 208 valence electrons. The van der Waals surface area contributed by atoms with Crippen LogP contribution in [-0.2, 0) is 4.79 Å². The van der Waals surface area contributed by atoms with E-state index in [4.69, 9.17) is 39.9 Å². The molecule has 0 aliphatic heterocycles. The Morgan fingerprint density at radius 2 is 1.05 bits per heavy atom. The minimum atomic E-state index is 0. The summed E-state index contributed by atoms with van der Waals surface area (Å²) in [5, 5.41) is 0. The fourth-order valence-corrected chi connectivity index (χ4v) is 3.43. The quantitative estimate of drug-likeness (QED) is 0.168.